The van der Waals surface area contributed by atoms with Crippen molar-refractivity contribution in [3.8, 4) is 5.75 Å². The molecule has 0 aliphatic carbocycles. The molecule has 6 nitrogen and oxygen atoms in total. The number of halogens is 1. The van der Waals surface area contributed by atoms with Crippen molar-refractivity contribution in [2.24, 2.45) is 0 Å². The summed E-state index contributed by atoms with van der Waals surface area (Å²) in [6.45, 7) is 5.08. The molecule has 8 heteroatoms. The second-order valence-corrected chi connectivity index (χ2v) is 10.8. The maximum Gasteiger partial charge on any atom is 0.262 e. The molecule has 1 heterocycles. The first kappa shape index (κ1) is 24.7. The number of carbonyl (C=O) groups is 1. The van der Waals surface area contributed by atoms with E-state index in [-0.39, 0.29) is 17.4 Å². The molecule has 0 atom stereocenters. The average Bonchev–Trinajstić information content (AvgIpc) is 3.09. The standard InChI is InChI=1S/C24H31BrN2O4S/c1-3-18-15-20(25)16-19(4-2)24(18)26-23(28)17-31-21-9-11-22(12-10-21)32(29,30)27-13-7-5-6-8-14-27/h9-12,15-16H,3-8,13-14,17H2,1-2H3,(H,26,28). The molecular formula is C24H31BrN2O4S. The Morgan fingerprint density at radius 2 is 1.56 bits per heavy atom. The van der Waals surface area contributed by atoms with Crippen molar-refractivity contribution in [3.05, 3.63) is 52.0 Å². The van der Waals surface area contributed by atoms with Crippen LogP contribution in [0.3, 0.4) is 0 Å². The predicted octanol–water partition coefficient (Wildman–Crippen LogP) is 5.16. The zero-order chi connectivity index (χ0) is 23.1. The van der Waals surface area contributed by atoms with E-state index in [1.54, 1.807) is 28.6 Å². The van der Waals surface area contributed by atoms with Crippen molar-refractivity contribution in [3.63, 3.8) is 0 Å². The van der Waals surface area contributed by atoms with Crippen molar-refractivity contribution in [2.45, 2.75) is 57.3 Å². The number of sulfonamides is 1. The summed E-state index contributed by atoms with van der Waals surface area (Å²) in [6, 6.07) is 10.3. The molecule has 32 heavy (non-hydrogen) atoms. The van der Waals surface area contributed by atoms with Gasteiger partial charge in [-0.1, -0.05) is 42.6 Å². The Morgan fingerprint density at radius 3 is 2.09 bits per heavy atom. The van der Waals surface area contributed by atoms with Crippen LogP contribution in [-0.2, 0) is 27.7 Å². The fourth-order valence-electron chi connectivity index (χ4n) is 3.91. The van der Waals surface area contributed by atoms with Gasteiger partial charge in [0.05, 0.1) is 4.90 Å². The number of carbonyl (C=O) groups excluding carboxylic acids is 1. The van der Waals surface area contributed by atoms with Gasteiger partial charge in [-0.2, -0.15) is 4.31 Å². The number of anilines is 1. The first-order valence-corrected chi connectivity index (χ1v) is 13.4. The summed E-state index contributed by atoms with van der Waals surface area (Å²) in [7, 11) is -3.50. The second-order valence-electron chi connectivity index (χ2n) is 7.93. The van der Waals surface area contributed by atoms with E-state index in [4.69, 9.17) is 4.74 Å². The summed E-state index contributed by atoms with van der Waals surface area (Å²) >= 11 is 3.52. The molecule has 0 unspecified atom stereocenters. The smallest absolute Gasteiger partial charge is 0.262 e. The Balaban J connectivity index is 1.63. The molecule has 1 aliphatic rings. The minimum absolute atomic E-state index is 0.152. The molecule has 0 radical (unpaired) electrons. The average molecular weight is 523 g/mol. The molecule has 1 amide bonds. The molecule has 1 N–H and O–H groups in total. The van der Waals surface area contributed by atoms with E-state index in [2.05, 4.69) is 35.1 Å². The first-order chi connectivity index (χ1) is 15.3. The molecule has 2 aromatic carbocycles. The summed E-state index contributed by atoms with van der Waals surface area (Å²) in [5.74, 6) is 0.204. The lowest BCUT2D eigenvalue weighted by molar-refractivity contribution is -0.118. The van der Waals surface area contributed by atoms with E-state index in [1.165, 1.54) is 0 Å². The zero-order valence-corrected chi connectivity index (χ0v) is 21.1. The van der Waals surface area contributed by atoms with Gasteiger partial charge in [0.1, 0.15) is 5.75 Å². The van der Waals surface area contributed by atoms with Crippen LogP contribution < -0.4 is 10.1 Å². The van der Waals surface area contributed by atoms with Crippen LogP contribution >= 0.6 is 15.9 Å². The molecular weight excluding hydrogens is 492 g/mol. The second kappa shape index (κ2) is 11.3. The van der Waals surface area contributed by atoms with Crippen LogP contribution in [-0.4, -0.2) is 38.3 Å². The van der Waals surface area contributed by atoms with E-state index in [1.807, 2.05) is 12.1 Å². The third-order valence-electron chi connectivity index (χ3n) is 5.69. The summed E-state index contributed by atoms with van der Waals surface area (Å²) in [6.07, 6.45) is 5.54. The van der Waals surface area contributed by atoms with Crippen molar-refractivity contribution in [1.82, 2.24) is 4.31 Å². The quantitative estimate of drug-likeness (QED) is 0.519. The van der Waals surface area contributed by atoms with Crippen LogP contribution in [0.5, 0.6) is 5.75 Å². The summed E-state index contributed by atoms with van der Waals surface area (Å²) < 4.78 is 33.9. The largest absolute Gasteiger partial charge is 0.484 e. The van der Waals surface area contributed by atoms with Crippen molar-refractivity contribution in [2.75, 3.05) is 25.0 Å². The zero-order valence-electron chi connectivity index (χ0n) is 18.7. The number of benzene rings is 2. The lowest BCUT2D eigenvalue weighted by atomic mass is 10.0. The minimum atomic E-state index is -3.50. The Labute approximate surface area is 199 Å². The van der Waals surface area contributed by atoms with E-state index in [0.717, 1.165) is 59.8 Å². The highest BCUT2D eigenvalue weighted by molar-refractivity contribution is 9.10. The maximum atomic E-state index is 12.9. The third-order valence-corrected chi connectivity index (χ3v) is 8.06. The first-order valence-electron chi connectivity index (χ1n) is 11.2. The van der Waals surface area contributed by atoms with E-state index in [9.17, 15) is 13.2 Å². The lowest BCUT2D eigenvalue weighted by Gasteiger charge is -2.20. The summed E-state index contributed by atoms with van der Waals surface area (Å²) in [4.78, 5) is 12.8. The van der Waals surface area contributed by atoms with Crippen LogP contribution in [0.2, 0.25) is 0 Å². The highest BCUT2D eigenvalue weighted by Gasteiger charge is 2.25. The normalized spacial score (nSPS) is 15.2. The third kappa shape index (κ3) is 6.11. The van der Waals surface area contributed by atoms with Gasteiger partial charge in [0.2, 0.25) is 10.0 Å². The molecule has 3 rings (SSSR count). The molecule has 0 spiro atoms. The number of nitrogens with zero attached hydrogens (tertiary/aromatic N) is 1. The molecule has 174 valence electrons. The van der Waals surface area contributed by atoms with Gasteiger partial charge in [0.15, 0.2) is 6.61 Å². The number of aryl methyl sites for hydroxylation is 2. The Hall–Kier alpha value is -1.90. The molecule has 1 aliphatic heterocycles. The molecule has 0 bridgehead atoms. The van der Waals surface area contributed by atoms with Crippen LogP contribution in [0.15, 0.2) is 45.8 Å². The van der Waals surface area contributed by atoms with Gasteiger partial charge in [-0.25, -0.2) is 8.42 Å². The maximum absolute atomic E-state index is 12.9. The van der Waals surface area contributed by atoms with Gasteiger partial charge in [0, 0.05) is 23.2 Å². The summed E-state index contributed by atoms with van der Waals surface area (Å²) in [5.41, 5.74) is 2.96. The van der Waals surface area contributed by atoms with Crippen molar-refractivity contribution >= 4 is 37.5 Å². The van der Waals surface area contributed by atoms with Gasteiger partial charge in [-0.05, 0) is 73.2 Å². The van der Waals surface area contributed by atoms with E-state index >= 15 is 0 Å². The number of hydrogen-bond acceptors (Lipinski definition) is 4. The monoisotopic (exact) mass is 522 g/mol. The summed E-state index contributed by atoms with van der Waals surface area (Å²) in [5, 5.41) is 2.98. The molecule has 0 saturated carbocycles. The molecule has 1 saturated heterocycles. The van der Waals surface area contributed by atoms with Gasteiger partial charge in [0.25, 0.3) is 5.91 Å². The van der Waals surface area contributed by atoms with Crippen molar-refractivity contribution < 1.29 is 17.9 Å². The van der Waals surface area contributed by atoms with Gasteiger partial charge in [-0.3, -0.25) is 4.79 Å². The Bertz CT molecular complexity index is 1010. The highest BCUT2D eigenvalue weighted by atomic mass is 79.9. The highest BCUT2D eigenvalue weighted by Crippen LogP contribution is 2.28. The predicted molar refractivity (Wildman–Crippen MR) is 131 cm³/mol. The fraction of sp³-hybridized carbons (Fsp3) is 0.458. The van der Waals surface area contributed by atoms with Crippen LogP contribution in [0.4, 0.5) is 5.69 Å². The van der Waals surface area contributed by atoms with Crippen molar-refractivity contribution in [1.29, 1.82) is 0 Å². The minimum Gasteiger partial charge on any atom is -0.484 e. The SMILES string of the molecule is CCc1cc(Br)cc(CC)c1NC(=O)COc1ccc(S(=O)(=O)N2CCCCCC2)cc1. The number of ether oxygens (including phenoxy) is 1. The van der Waals surface area contributed by atoms with E-state index < -0.39 is 10.0 Å². The van der Waals surface area contributed by atoms with Crippen LogP contribution in [0, 0.1) is 0 Å². The Kier molecular flexibility index (Phi) is 8.73. The van der Waals surface area contributed by atoms with Gasteiger partial charge in [-0.15, -0.1) is 0 Å². The molecule has 2 aromatic rings. The number of nitrogens with one attached hydrogen (secondary N) is 1. The Morgan fingerprint density at radius 1 is 1.00 bits per heavy atom. The van der Waals surface area contributed by atoms with Crippen LogP contribution in [0.1, 0.15) is 50.7 Å². The lowest BCUT2D eigenvalue weighted by Crippen LogP contribution is -2.31. The molecule has 1 fully saturated rings. The number of hydrogen-bond donors (Lipinski definition) is 1. The number of rotatable bonds is 8. The topological polar surface area (TPSA) is 75.7 Å². The van der Waals surface area contributed by atoms with Crippen LogP contribution in [0.25, 0.3) is 0 Å². The van der Waals surface area contributed by atoms with Gasteiger partial charge < -0.3 is 10.1 Å². The van der Waals surface area contributed by atoms with Gasteiger partial charge >= 0.3 is 0 Å². The number of amides is 1. The molecule has 0 aromatic heterocycles. The van der Waals surface area contributed by atoms with E-state index in [0.29, 0.717) is 18.8 Å². The fourth-order valence-corrected chi connectivity index (χ4v) is 5.98.